The van der Waals surface area contributed by atoms with E-state index in [1.54, 1.807) is 7.11 Å². The molecule has 0 N–H and O–H groups in total. The standard InChI is InChI=1S/C13H11BrO/c1-9(14)10-3-4-12-8-13(15-2)6-5-11(12)7-10/h3-8H,1H2,2H3. The molecule has 2 rings (SSSR count). The van der Waals surface area contributed by atoms with Gasteiger partial charge < -0.3 is 4.74 Å². The van der Waals surface area contributed by atoms with Crippen LogP contribution in [0.25, 0.3) is 15.3 Å². The van der Waals surface area contributed by atoms with Crippen LogP contribution in [0, 0.1) is 0 Å². The van der Waals surface area contributed by atoms with Crippen LogP contribution >= 0.6 is 15.9 Å². The van der Waals surface area contributed by atoms with E-state index in [4.69, 9.17) is 4.74 Å². The van der Waals surface area contributed by atoms with Gasteiger partial charge in [-0.3, -0.25) is 0 Å². The van der Waals surface area contributed by atoms with Crippen LogP contribution in [0.2, 0.25) is 0 Å². The van der Waals surface area contributed by atoms with Gasteiger partial charge in [-0.05, 0) is 34.5 Å². The van der Waals surface area contributed by atoms with Gasteiger partial charge in [-0.25, -0.2) is 0 Å². The topological polar surface area (TPSA) is 9.23 Å². The first-order valence-corrected chi connectivity index (χ1v) is 5.42. The summed E-state index contributed by atoms with van der Waals surface area (Å²) in [5.41, 5.74) is 1.10. The van der Waals surface area contributed by atoms with Crippen LogP contribution in [0.3, 0.4) is 0 Å². The maximum atomic E-state index is 5.17. The summed E-state index contributed by atoms with van der Waals surface area (Å²) in [6.07, 6.45) is 0. The van der Waals surface area contributed by atoms with Crippen molar-refractivity contribution in [3.05, 3.63) is 48.5 Å². The lowest BCUT2D eigenvalue weighted by atomic mass is 10.1. The van der Waals surface area contributed by atoms with Crippen molar-refractivity contribution in [3.63, 3.8) is 0 Å². The Morgan fingerprint density at radius 1 is 1.13 bits per heavy atom. The molecule has 0 aliphatic rings. The molecule has 76 valence electrons. The first kappa shape index (κ1) is 10.2. The number of rotatable bonds is 2. The van der Waals surface area contributed by atoms with Crippen LogP contribution in [0.15, 0.2) is 43.0 Å². The van der Waals surface area contributed by atoms with Crippen LogP contribution in [-0.2, 0) is 0 Å². The van der Waals surface area contributed by atoms with E-state index >= 15 is 0 Å². The molecular formula is C13H11BrO. The van der Waals surface area contributed by atoms with Crippen LogP contribution in [0.5, 0.6) is 5.75 Å². The van der Waals surface area contributed by atoms with Gasteiger partial charge >= 0.3 is 0 Å². The first-order chi connectivity index (χ1) is 7.20. The molecule has 0 heterocycles. The zero-order valence-electron chi connectivity index (χ0n) is 8.46. The molecule has 2 aromatic carbocycles. The molecule has 0 atom stereocenters. The van der Waals surface area contributed by atoms with Gasteiger partial charge in [-0.15, -0.1) is 0 Å². The third-order valence-corrected chi connectivity index (χ3v) is 2.82. The minimum Gasteiger partial charge on any atom is -0.497 e. The molecule has 2 heteroatoms. The van der Waals surface area contributed by atoms with Crippen molar-refractivity contribution < 1.29 is 4.74 Å². The minimum absolute atomic E-state index is 0.882. The predicted molar refractivity (Wildman–Crippen MR) is 68.5 cm³/mol. The molecule has 0 fully saturated rings. The third kappa shape index (κ3) is 2.05. The van der Waals surface area contributed by atoms with Gasteiger partial charge in [-0.1, -0.05) is 40.7 Å². The van der Waals surface area contributed by atoms with Gasteiger partial charge in [-0.2, -0.15) is 0 Å². The highest BCUT2D eigenvalue weighted by Crippen LogP contribution is 2.26. The van der Waals surface area contributed by atoms with Crippen LogP contribution in [0.4, 0.5) is 0 Å². The number of ether oxygens (including phenoxy) is 1. The summed E-state index contributed by atoms with van der Waals surface area (Å²) in [5, 5.41) is 2.36. The second-order valence-corrected chi connectivity index (χ2v) is 4.29. The molecule has 0 aliphatic carbocycles. The SMILES string of the molecule is C=C(Br)c1ccc2cc(OC)ccc2c1. The van der Waals surface area contributed by atoms with E-state index in [1.165, 1.54) is 10.8 Å². The fourth-order valence-electron chi connectivity index (χ4n) is 1.52. The average molecular weight is 263 g/mol. The normalized spacial score (nSPS) is 10.3. The number of hydrogen-bond acceptors (Lipinski definition) is 1. The molecule has 0 unspecified atom stereocenters. The maximum Gasteiger partial charge on any atom is 0.119 e. The zero-order valence-corrected chi connectivity index (χ0v) is 10.0. The summed E-state index contributed by atoms with van der Waals surface area (Å²) >= 11 is 3.38. The molecule has 0 saturated carbocycles. The number of methoxy groups -OCH3 is 1. The Hall–Kier alpha value is -1.28. The highest BCUT2D eigenvalue weighted by Gasteiger charge is 1.99. The van der Waals surface area contributed by atoms with Gasteiger partial charge in [0, 0.05) is 4.48 Å². The molecule has 0 radical (unpaired) electrons. The van der Waals surface area contributed by atoms with Crippen molar-refractivity contribution >= 4 is 31.2 Å². The van der Waals surface area contributed by atoms with E-state index in [-0.39, 0.29) is 0 Å². The lowest BCUT2D eigenvalue weighted by Crippen LogP contribution is -1.83. The molecule has 0 saturated heterocycles. The lowest BCUT2D eigenvalue weighted by Gasteiger charge is -2.04. The number of benzene rings is 2. The molecule has 0 bridgehead atoms. The highest BCUT2D eigenvalue weighted by molar-refractivity contribution is 9.15. The molecule has 0 aliphatic heterocycles. The summed E-state index contributed by atoms with van der Waals surface area (Å²) in [7, 11) is 1.68. The average Bonchev–Trinajstić information content (AvgIpc) is 2.27. The van der Waals surface area contributed by atoms with Gasteiger partial charge in [0.25, 0.3) is 0 Å². The van der Waals surface area contributed by atoms with Crippen LogP contribution in [0.1, 0.15) is 5.56 Å². The summed E-state index contributed by atoms with van der Waals surface area (Å²) in [5.74, 6) is 0.882. The molecule has 0 amide bonds. The monoisotopic (exact) mass is 262 g/mol. The van der Waals surface area contributed by atoms with Crippen molar-refractivity contribution in [3.8, 4) is 5.75 Å². The largest absolute Gasteiger partial charge is 0.497 e. The van der Waals surface area contributed by atoms with Crippen LogP contribution < -0.4 is 4.74 Å². The lowest BCUT2D eigenvalue weighted by molar-refractivity contribution is 0.415. The van der Waals surface area contributed by atoms with Crippen molar-refractivity contribution in [1.29, 1.82) is 0 Å². The Balaban J connectivity index is 2.59. The molecule has 2 aromatic rings. The van der Waals surface area contributed by atoms with E-state index in [2.05, 4.69) is 34.6 Å². The second-order valence-electron chi connectivity index (χ2n) is 3.33. The summed E-state index contributed by atoms with van der Waals surface area (Å²) in [6.45, 7) is 3.86. The Bertz CT molecular complexity index is 517. The zero-order chi connectivity index (χ0) is 10.8. The molecule has 15 heavy (non-hydrogen) atoms. The minimum atomic E-state index is 0.882. The number of halogens is 1. The summed E-state index contributed by atoms with van der Waals surface area (Å²) < 4.78 is 6.08. The van der Waals surface area contributed by atoms with E-state index < -0.39 is 0 Å². The first-order valence-electron chi connectivity index (χ1n) is 4.63. The van der Waals surface area contributed by atoms with Crippen molar-refractivity contribution in [2.45, 2.75) is 0 Å². The van der Waals surface area contributed by atoms with E-state index in [0.29, 0.717) is 0 Å². The molecule has 1 nitrogen and oxygen atoms in total. The van der Waals surface area contributed by atoms with Crippen molar-refractivity contribution in [2.75, 3.05) is 7.11 Å². The Labute approximate surface area is 97.5 Å². The third-order valence-electron chi connectivity index (χ3n) is 2.36. The smallest absolute Gasteiger partial charge is 0.119 e. The predicted octanol–water partition coefficient (Wildman–Crippen LogP) is 4.21. The van der Waals surface area contributed by atoms with Crippen LogP contribution in [-0.4, -0.2) is 7.11 Å². The van der Waals surface area contributed by atoms with E-state index in [1.807, 2.05) is 24.3 Å². The quantitative estimate of drug-likeness (QED) is 0.788. The Kier molecular flexibility index (Phi) is 2.78. The van der Waals surface area contributed by atoms with E-state index in [0.717, 1.165) is 15.8 Å². The molecule has 0 spiro atoms. The van der Waals surface area contributed by atoms with Gasteiger partial charge in [0.2, 0.25) is 0 Å². The summed E-state index contributed by atoms with van der Waals surface area (Å²) in [6, 6.07) is 12.2. The highest BCUT2D eigenvalue weighted by atomic mass is 79.9. The maximum absolute atomic E-state index is 5.17. The fraction of sp³-hybridized carbons (Fsp3) is 0.0769. The fourth-order valence-corrected chi connectivity index (χ4v) is 1.77. The summed E-state index contributed by atoms with van der Waals surface area (Å²) in [4.78, 5) is 0. The van der Waals surface area contributed by atoms with Gasteiger partial charge in [0.05, 0.1) is 7.11 Å². The Morgan fingerprint density at radius 3 is 2.47 bits per heavy atom. The second kappa shape index (κ2) is 4.07. The molecular weight excluding hydrogens is 252 g/mol. The van der Waals surface area contributed by atoms with Gasteiger partial charge in [0.15, 0.2) is 0 Å². The van der Waals surface area contributed by atoms with Crippen molar-refractivity contribution in [2.24, 2.45) is 0 Å². The number of fused-ring (bicyclic) bond motifs is 1. The van der Waals surface area contributed by atoms with E-state index in [9.17, 15) is 0 Å². The number of hydrogen-bond donors (Lipinski definition) is 0. The van der Waals surface area contributed by atoms with Crippen molar-refractivity contribution in [1.82, 2.24) is 0 Å². The molecule has 0 aromatic heterocycles. The van der Waals surface area contributed by atoms with Gasteiger partial charge in [0.1, 0.15) is 5.75 Å². The Morgan fingerprint density at radius 2 is 1.80 bits per heavy atom.